The summed E-state index contributed by atoms with van der Waals surface area (Å²) in [7, 11) is 0. The minimum atomic E-state index is 0.392. The van der Waals surface area contributed by atoms with Crippen LogP contribution in [0.1, 0.15) is 38.7 Å². The summed E-state index contributed by atoms with van der Waals surface area (Å²) in [5.41, 5.74) is 7.03. The lowest BCUT2D eigenvalue weighted by atomic mass is 9.78. The minimum Gasteiger partial charge on any atom is -0.389 e. The number of hydrogen-bond acceptors (Lipinski definition) is 4. The zero-order valence-corrected chi connectivity index (χ0v) is 11.8. The molecule has 1 aliphatic rings. The summed E-state index contributed by atoms with van der Waals surface area (Å²) in [6, 6.07) is 1.85. The predicted octanol–water partition coefficient (Wildman–Crippen LogP) is 2.13. The summed E-state index contributed by atoms with van der Waals surface area (Å²) >= 11 is 5.07. The van der Waals surface area contributed by atoms with Gasteiger partial charge in [-0.05, 0) is 24.3 Å². The number of nitrogens with zero attached hydrogens (tertiary/aromatic N) is 3. The highest BCUT2D eigenvalue weighted by atomic mass is 32.1. The van der Waals surface area contributed by atoms with E-state index < -0.39 is 0 Å². The van der Waals surface area contributed by atoms with E-state index in [1.807, 2.05) is 6.07 Å². The zero-order chi connectivity index (χ0) is 13.2. The highest BCUT2D eigenvalue weighted by molar-refractivity contribution is 7.80. The van der Waals surface area contributed by atoms with Crippen molar-refractivity contribution >= 4 is 23.0 Å². The third-order valence-corrected chi connectivity index (χ3v) is 4.31. The van der Waals surface area contributed by atoms with Crippen LogP contribution in [0.2, 0.25) is 0 Å². The van der Waals surface area contributed by atoms with Crippen molar-refractivity contribution in [1.82, 2.24) is 10.2 Å². The maximum absolute atomic E-state index is 5.74. The van der Waals surface area contributed by atoms with Crippen LogP contribution in [0.4, 0.5) is 5.82 Å². The Morgan fingerprint density at radius 1 is 1.50 bits per heavy atom. The first-order valence-corrected chi connectivity index (χ1v) is 6.83. The fourth-order valence-electron chi connectivity index (χ4n) is 2.36. The predicted molar refractivity (Wildman–Crippen MR) is 77.8 cm³/mol. The Bertz CT molecular complexity index is 438. The van der Waals surface area contributed by atoms with E-state index in [9.17, 15) is 0 Å². The first-order valence-electron chi connectivity index (χ1n) is 6.42. The molecule has 0 amide bonds. The quantitative estimate of drug-likeness (QED) is 0.848. The van der Waals surface area contributed by atoms with Crippen molar-refractivity contribution in [1.29, 1.82) is 0 Å². The van der Waals surface area contributed by atoms with Gasteiger partial charge in [0.25, 0.3) is 0 Å². The second kappa shape index (κ2) is 5.18. The Morgan fingerprint density at radius 3 is 2.72 bits per heavy atom. The van der Waals surface area contributed by atoms with E-state index in [1.54, 1.807) is 6.20 Å². The zero-order valence-electron chi connectivity index (χ0n) is 11.0. The first kappa shape index (κ1) is 13.2. The Kier molecular flexibility index (Phi) is 3.80. The van der Waals surface area contributed by atoms with Gasteiger partial charge >= 0.3 is 0 Å². The molecule has 18 heavy (non-hydrogen) atoms. The molecule has 1 aliphatic heterocycles. The van der Waals surface area contributed by atoms with Gasteiger partial charge in [0.2, 0.25) is 0 Å². The number of thiocarbonyl (C=S) groups is 1. The maximum atomic E-state index is 5.74. The van der Waals surface area contributed by atoms with E-state index in [0.29, 0.717) is 10.4 Å². The van der Waals surface area contributed by atoms with Crippen molar-refractivity contribution in [3.63, 3.8) is 0 Å². The smallest absolute Gasteiger partial charge is 0.161 e. The van der Waals surface area contributed by atoms with Gasteiger partial charge in [0.15, 0.2) is 5.82 Å². The molecule has 98 valence electrons. The van der Waals surface area contributed by atoms with Crippen molar-refractivity contribution in [2.75, 3.05) is 18.0 Å². The molecule has 0 atom stereocenters. The van der Waals surface area contributed by atoms with Crippen LogP contribution in [0, 0.1) is 5.41 Å². The second-order valence-corrected chi connectivity index (χ2v) is 5.72. The number of hydrogen-bond donors (Lipinski definition) is 1. The molecule has 0 bridgehead atoms. The highest BCUT2D eigenvalue weighted by Gasteiger charge is 2.29. The molecule has 1 aromatic heterocycles. The van der Waals surface area contributed by atoms with Gasteiger partial charge in [-0.15, -0.1) is 5.10 Å². The van der Waals surface area contributed by atoms with E-state index in [1.165, 1.54) is 19.3 Å². The molecule has 1 saturated heterocycles. The van der Waals surface area contributed by atoms with Crippen LogP contribution in [0.15, 0.2) is 12.3 Å². The standard InChI is InChI=1S/C13H20N4S/c1-3-13(2)5-8-17(9-6-13)12-10(11(14)18)4-7-15-16-12/h4,7H,3,5-6,8-9H2,1-2H3,(H2,14,18). The summed E-state index contributed by atoms with van der Waals surface area (Å²) in [6.45, 7) is 6.62. The lowest BCUT2D eigenvalue weighted by Gasteiger charge is -2.39. The van der Waals surface area contributed by atoms with E-state index >= 15 is 0 Å². The summed E-state index contributed by atoms with van der Waals surface area (Å²) in [4.78, 5) is 2.64. The van der Waals surface area contributed by atoms with Crippen molar-refractivity contribution in [2.45, 2.75) is 33.1 Å². The minimum absolute atomic E-state index is 0.392. The van der Waals surface area contributed by atoms with Crippen LogP contribution in [-0.2, 0) is 0 Å². The molecule has 2 N–H and O–H groups in total. The van der Waals surface area contributed by atoms with Crippen molar-refractivity contribution in [3.05, 3.63) is 17.8 Å². The second-order valence-electron chi connectivity index (χ2n) is 5.28. The Hall–Kier alpha value is -1.23. The van der Waals surface area contributed by atoms with Gasteiger partial charge < -0.3 is 10.6 Å². The number of nitrogens with two attached hydrogens (primary N) is 1. The molecule has 0 aromatic carbocycles. The van der Waals surface area contributed by atoms with E-state index in [4.69, 9.17) is 18.0 Å². The fourth-order valence-corrected chi connectivity index (χ4v) is 2.52. The lowest BCUT2D eigenvalue weighted by molar-refractivity contribution is 0.237. The van der Waals surface area contributed by atoms with Crippen molar-refractivity contribution in [3.8, 4) is 0 Å². The average Bonchev–Trinajstić information content (AvgIpc) is 2.39. The maximum Gasteiger partial charge on any atom is 0.161 e. The summed E-state index contributed by atoms with van der Waals surface area (Å²) in [5.74, 6) is 0.836. The number of piperidine rings is 1. The topological polar surface area (TPSA) is 55.0 Å². The largest absolute Gasteiger partial charge is 0.389 e. The SMILES string of the molecule is CCC1(C)CCN(c2nnccc2C(N)=S)CC1. The van der Waals surface area contributed by atoms with Gasteiger partial charge in [0.05, 0.1) is 11.8 Å². The molecular formula is C13H20N4S. The normalized spacial score (nSPS) is 18.7. The van der Waals surface area contributed by atoms with Crippen LogP contribution in [0.25, 0.3) is 0 Å². The first-order chi connectivity index (χ1) is 8.56. The van der Waals surface area contributed by atoms with Crippen LogP contribution >= 0.6 is 12.2 Å². The van der Waals surface area contributed by atoms with Gasteiger partial charge in [-0.2, -0.15) is 5.10 Å². The molecule has 1 fully saturated rings. The van der Waals surface area contributed by atoms with Crippen LogP contribution in [0.3, 0.4) is 0 Å². The van der Waals surface area contributed by atoms with Gasteiger partial charge in [-0.25, -0.2) is 0 Å². The molecule has 0 radical (unpaired) electrons. The molecule has 0 aliphatic carbocycles. The molecule has 0 saturated carbocycles. The molecule has 2 rings (SSSR count). The van der Waals surface area contributed by atoms with Crippen molar-refractivity contribution in [2.24, 2.45) is 11.1 Å². The molecule has 0 unspecified atom stereocenters. The number of rotatable bonds is 3. The van der Waals surface area contributed by atoms with E-state index in [2.05, 4.69) is 28.9 Å². The van der Waals surface area contributed by atoms with Gasteiger partial charge in [-0.1, -0.05) is 32.5 Å². The highest BCUT2D eigenvalue weighted by Crippen LogP contribution is 2.35. The third kappa shape index (κ3) is 2.61. The molecular weight excluding hydrogens is 244 g/mol. The Balaban J connectivity index is 2.17. The average molecular weight is 264 g/mol. The van der Waals surface area contributed by atoms with E-state index in [-0.39, 0.29) is 0 Å². The lowest BCUT2D eigenvalue weighted by Crippen LogP contribution is -2.39. The molecule has 1 aromatic rings. The number of anilines is 1. The Labute approximate surface area is 114 Å². The van der Waals surface area contributed by atoms with Gasteiger partial charge in [0, 0.05) is 13.1 Å². The summed E-state index contributed by atoms with van der Waals surface area (Å²) in [6.07, 6.45) is 5.22. The summed E-state index contributed by atoms with van der Waals surface area (Å²) in [5, 5.41) is 8.16. The van der Waals surface area contributed by atoms with Crippen molar-refractivity contribution < 1.29 is 0 Å². The van der Waals surface area contributed by atoms with Crippen LogP contribution in [-0.4, -0.2) is 28.3 Å². The Morgan fingerprint density at radius 2 is 2.17 bits per heavy atom. The molecule has 5 heteroatoms. The van der Waals surface area contributed by atoms with E-state index in [0.717, 1.165) is 24.5 Å². The molecule has 0 spiro atoms. The van der Waals surface area contributed by atoms with Crippen LogP contribution < -0.4 is 10.6 Å². The van der Waals surface area contributed by atoms with Crippen LogP contribution in [0.5, 0.6) is 0 Å². The third-order valence-electron chi connectivity index (χ3n) is 4.09. The van der Waals surface area contributed by atoms with Gasteiger partial charge in [0.1, 0.15) is 4.99 Å². The molecule has 4 nitrogen and oxygen atoms in total. The number of aromatic nitrogens is 2. The summed E-state index contributed by atoms with van der Waals surface area (Å²) < 4.78 is 0. The fraction of sp³-hybridized carbons (Fsp3) is 0.615. The van der Waals surface area contributed by atoms with Gasteiger partial charge in [-0.3, -0.25) is 0 Å². The molecule has 2 heterocycles. The monoisotopic (exact) mass is 264 g/mol.